The van der Waals surface area contributed by atoms with Crippen molar-refractivity contribution in [3.05, 3.63) is 35.6 Å². The maximum absolute atomic E-state index is 12.8. The van der Waals surface area contributed by atoms with Crippen LogP contribution in [-0.2, 0) is 11.2 Å². The van der Waals surface area contributed by atoms with Crippen molar-refractivity contribution in [2.45, 2.75) is 25.7 Å². The first kappa shape index (κ1) is 14.0. The SMILES string of the molecule is O=C(CCc1ccc(F)cc1)N1CCC(CCO)C1. The summed E-state index contributed by atoms with van der Waals surface area (Å²) < 4.78 is 12.8. The van der Waals surface area contributed by atoms with Gasteiger partial charge in [0.05, 0.1) is 0 Å². The van der Waals surface area contributed by atoms with Crippen LogP contribution < -0.4 is 0 Å². The van der Waals surface area contributed by atoms with Gasteiger partial charge in [0.25, 0.3) is 0 Å². The van der Waals surface area contributed by atoms with Crippen molar-refractivity contribution < 1.29 is 14.3 Å². The molecular formula is C15H20FNO2. The fraction of sp³-hybridized carbons (Fsp3) is 0.533. The molecule has 19 heavy (non-hydrogen) atoms. The van der Waals surface area contributed by atoms with Crippen molar-refractivity contribution in [2.24, 2.45) is 5.92 Å². The molecule has 4 heteroatoms. The highest BCUT2D eigenvalue weighted by Crippen LogP contribution is 2.20. The van der Waals surface area contributed by atoms with Gasteiger partial charge in [0.15, 0.2) is 0 Å². The van der Waals surface area contributed by atoms with Crippen LogP contribution in [0, 0.1) is 11.7 Å². The highest BCUT2D eigenvalue weighted by Gasteiger charge is 2.25. The Morgan fingerprint density at radius 3 is 2.79 bits per heavy atom. The van der Waals surface area contributed by atoms with E-state index in [1.807, 2.05) is 4.90 Å². The quantitative estimate of drug-likeness (QED) is 0.884. The highest BCUT2D eigenvalue weighted by atomic mass is 19.1. The second kappa shape index (κ2) is 6.66. The maximum atomic E-state index is 12.8. The molecule has 1 aromatic rings. The monoisotopic (exact) mass is 265 g/mol. The summed E-state index contributed by atoms with van der Waals surface area (Å²) in [7, 11) is 0. The number of aryl methyl sites for hydroxylation is 1. The molecule has 1 saturated heterocycles. The average Bonchev–Trinajstić information content (AvgIpc) is 2.87. The molecule has 1 aliphatic rings. The van der Waals surface area contributed by atoms with Gasteiger partial charge in [-0.25, -0.2) is 4.39 Å². The zero-order chi connectivity index (χ0) is 13.7. The number of amides is 1. The second-order valence-corrected chi connectivity index (χ2v) is 5.13. The lowest BCUT2D eigenvalue weighted by Gasteiger charge is -2.16. The number of benzene rings is 1. The third kappa shape index (κ3) is 4.03. The van der Waals surface area contributed by atoms with E-state index in [0.29, 0.717) is 18.8 Å². The minimum Gasteiger partial charge on any atom is -0.396 e. The summed E-state index contributed by atoms with van der Waals surface area (Å²) in [6, 6.07) is 6.29. The molecule has 2 rings (SSSR count). The van der Waals surface area contributed by atoms with Gasteiger partial charge in [-0.3, -0.25) is 4.79 Å². The van der Waals surface area contributed by atoms with Gasteiger partial charge in [-0.05, 0) is 42.9 Å². The smallest absolute Gasteiger partial charge is 0.222 e. The molecule has 104 valence electrons. The van der Waals surface area contributed by atoms with Crippen molar-refractivity contribution in [3.63, 3.8) is 0 Å². The minimum absolute atomic E-state index is 0.157. The Hall–Kier alpha value is -1.42. The standard InChI is InChI=1S/C15H20FNO2/c16-14-4-1-12(2-5-14)3-6-15(19)17-9-7-13(11-17)8-10-18/h1-2,4-5,13,18H,3,6-11H2. The van der Waals surface area contributed by atoms with E-state index in [1.165, 1.54) is 12.1 Å². The summed E-state index contributed by atoms with van der Waals surface area (Å²) in [6.45, 7) is 1.76. The van der Waals surface area contributed by atoms with Gasteiger partial charge in [0, 0.05) is 26.1 Å². The number of nitrogens with zero attached hydrogens (tertiary/aromatic N) is 1. The molecule has 1 atom stereocenters. The Balaban J connectivity index is 1.77. The third-order valence-electron chi connectivity index (χ3n) is 3.72. The summed E-state index contributed by atoms with van der Waals surface area (Å²) in [6.07, 6.45) is 2.89. The molecule has 0 aromatic heterocycles. The van der Waals surface area contributed by atoms with E-state index >= 15 is 0 Å². The number of hydrogen-bond donors (Lipinski definition) is 1. The Bertz CT molecular complexity index is 419. The Kier molecular flexibility index (Phi) is 4.91. The molecule has 1 aromatic carbocycles. The lowest BCUT2D eigenvalue weighted by Crippen LogP contribution is -2.28. The molecule has 0 saturated carbocycles. The van der Waals surface area contributed by atoms with Crippen LogP contribution in [0.15, 0.2) is 24.3 Å². The Morgan fingerprint density at radius 1 is 1.37 bits per heavy atom. The Labute approximate surface area is 113 Å². The normalized spacial score (nSPS) is 18.8. The molecule has 0 spiro atoms. The average molecular weight is 265 g/mol. The predicted octanol–water partition coefficient (Wildman–Crippen LogP) is 1.99. The summed E-state index contributed by atoms with van der Waals surface area (Å²) in [5, 5.41) is 8.89. The molecule has 1 amide bonds. The fourth-order valence-corrected chi connectivity index (χ4v) is 2.54. The van der Waals surface area contributed by atoms with Crippen molar-refractivity contribution >= 4 is 5.91 Å². The van der Waals surface area contributed by atoms with Gasteiger partial charge in [0.2, 0.25) is 5.91 Å². The van der Waals surface area contributed by atoms with Crippen LogP contribution in [0.25, 0.3) is 0 Å². The fourth-order valence-electron chi connectivity index (χ4n) is 2.54. The van der Waals surface area contributed by atoms with Crippen LogP contribution in [0.3, 0.4) is 0 Å². The molecule has 0 radical (unpaired) electrons. The largest absolute Gasteiger partial charge is 0.396 e. The van der Waals surface area contributed by atoms with E-state index in [9.17, 15) is 9.18 Å². The number of aliphatic hydroxyl groups is 1. The van der Waals surface area contributed by atoms with E-state index in [1.54, 1.807) is 12.1 Å². The lowest BCUT2D eigenvalue weighted by molar-refractivity contribution is -0.130. The second-order valence-electron chi connectivity index (χ2n) is 5.13. The van der Waals surface area contributed by atoms with Gasteiger partial charge < -0.3 is 10.0 Å². The molecule has 1 aliphatic heterocycles. The van der Waals surface area contributed by atoms with E-state index in [-0.39, 0.29) is 18.3 Å². The molecule has 1 unspecified atom stereocenters. The van der Waals surface area contributed by atoms with E-state index in [0.717, 1.165) is 31.5 Å². The number of rotatable bonds is 5. The molecule has 3 nitrogen and oxygen atoms in total. The van der Waals surface area contributed by atoms with Gasteiger partial charge in [-0.15, -0.1) is 0 Å². The highest BCUT2D eigenvalue weighted by molar-refractivity contribution is 5.76. The van der Waals surface area contributed by atoms with Crippen LogP contribution in [0.1, 0.15) is 24.8 Å². The zero-order valence-electron chi connectivity index (χ0n) is 11.0. The molecule has 1 heterocycles. The number of hydrogen-bond acceptors (Lipinski definition) is 2. The first-order chi connectivity index (χ1) is 9.19. The first-order valence-corrected chi connectivity index (χ1v) is 6.82. The number of halogens is 1. The molecule has 0 bridgehead atoms. The van der Waals surface area contributed by atoms with Crippen molar-refractivity contribution in [1.82, 2.24) is 4.90 Å². The summed E-state index contributed by atoms with van der Waals surface area (Å²) >= 11 is 0. The van der Waals surface area contributed by atoms with Crippen molar-refractivity contribution in [3.8, 4) is 0 Å². The van der Waals surface area contributed by atoms with Gasteiger partial charge in [0.1, 0.15) is 5.82 Å². The van der Waals surface area contributed by atoms with Crippen molar-refractivity contribution in [2.75, 3.05) is 19.7 Å². The molecule has 0 aliphatic carbocycles. The number of carbonyl (C=O) groups excluding carboxylic acids is 1. The minimum atomic E-state index is -0.249. The van der Waals surface area contributed by atoms with Crippen molar-refractivity contribution in [1.29, 1.82) is 0 Å². The van der Waals surface area contributed by atoms with Gasteiger partial charge >= 0.3 is 0 Å². The third-order valence-corrected chi connectivity index (χ3v) is 3.72. The lowest BCUT2D eigenvalue weighted by atomic mass is 10.1. The van der Waals surface area contributed by atoms with Gasteiger partial charge in [-0.1, -0.05) is 12.1 Å². The molecular weight excluding hydrogens is 245 g/mol. The number of carbonyl (C=O) groups is 1. The van der Waals surface area contributed by atoms with E-state index in [2.05, 4.69) is 0 Å². The first-order valence-electron chi connectivity index (χ1n) is 6.82. The number of likely N-dealkylation sites (tertiary alicyclic amines) is 1. The van der Waals surface area contributed by atoms with Gasteiger partial charge in [-0.2, -0.15) is 0 Å². The van der Waals surface area contributed by atoms with Crippen LogP contribution in [0.5, 0.6) is 0 Å². The topological polar surface area (TPSA) is 40.5 Å². The molecule has 1 N–H and O–H groups in total. The summed E-state index contributed by atoms with van der Waals surface area (Å²) in [5.74, 6) is 0.353. The Morgan fingerprint density at radius 2 is 2.11 bits per heavy atom. The van der Waals surface area contributed by atoms with Crippen LogP contribution in [0.4, 0.5) is 4.39 Å². The van der Waals surface area contributed by atoms with Crippen LogP contribution in [0.2, 0.25) is 0 Å². The number of aliphatic hydroxyl groups excluding tert-OH is 1. The van der Waals surface area contributed by atoms with E-state index < -0.39 is 0 Å². The molecule has 1 fully saturated rings. The summed E-state index contributed by atoms with van der Waals surface area (Å²) in [5.41, 5.74) is 0.987. The zero-order valence-corrected chi connectivity index (χ0v) is 11.0. The van der Waals surface area contributed by atoms with E-state index in [4.69, 9.17) is 5.11 Å². The summed E-state index contributed by atoms with van der Waals surface area (Å²) in [4.78, 5) is 13.9. The predicted molar refractivity (Wildman–Crippen MR) is 71.1 cm³/mol. The van der Waals surface area contributed by atoms with Crippen LogP contribution in [-0.4, -0.2) is 35.6 Å². The van der Waals surface area contributed by atoms with Crippen LogP contribution >= 0.6 is 0 Å². The maximum Gasteiger partial charge on any atom is 0.222 e.